The van der Waals surface area contributed by atoms with E-state index in [0.29, 0.717) is 17.9 Å². The van der Waals surface area contributed by atoms with Crippen molar-refractivity contribution < 1.29 is 48.0 Å². The molecule has 262 valence electrons. The van der Waals surface area contributed by atoms with E-state index in [1.807, 2.05) is 6.92 Å². The van der Waals surface area contributed by atoms with E-state index in [-0.39, 0.29) is 23.8 Å². The Morgan fingerprint density at radius 2 is 1.96 bits per heavy atom. The van der Waals surface area contributed by atoms with Gasteiger partial charge in [0.15, 0.2) is 11.8 Å². The molecule has 14 heteroatoms. The molecule has 0 saturated carbocycles. The van der Waals surface area contributed by atoms with E-state index in [9.17, 15) is 24.3 Å². The van der Waals surface area contributed by atoms with Crippen LogP contribution in [0.1, 0.15) is 53.0 Å². The average Bonchev–Trinajstić information content (AvgIpc) is 3.73. The third-order valence-corrected chi connectivity index (χ3v) is 9.82. The Kier molecular flexibility index (Phi) is 11.1. The van der Waals surface area contributed by atoms with Gasteiger partial charge in [-0.3, -0.25) is 14.9 Å². The highest BCUT2D eigenvalue weighted by Gasteiger charge is 2.64. The van der Waals surface area contributed by atoms with Crippen LogP contribution in [0, 0.1) is 17.8 Å². The summed E-state index contributed by atoms with van der Waals surface area (Å²) in [5, 5.41) is 14.3. The molecule has 2 saturated heterocycles. The number of ether oxygens (including phenoxy) is 5. The van der Waals surface area contributed by atoms with Gasteiger partial charge in [0.25, 0.3) is 0 Å². The largest absolute Gasteiger partial charge is 0.495 e. The van der Waals surface area contributed by atoms with Gasteiger partial charge < -0.3 is 38.6 Å². The van der Waals surface area contributed by atoms with Gasteiger partial charge >= 0.3 is 12.1 Å². The van der Waals surface area contributed by atoms with Gasteiger partial charge in [-0.1, -0.05) is 35.9 Å². The number of anilines is 1. The lowest BCUT2D eigenvalue weighted by molar-refractivity contribution is -0.161. The molecule has 0 aliphatic carbocycles. The monoisotopic (exact) mass is 689 g/mol. The minimum Gasteiger partial charge on any atom is -0.495 e. The Bertz CT molecular complexity index is 1550. The number of methoxy groups -OCH3 is 2. The lowest BCUT2D eigenvalue weighted by Gasteiger charge is -2.41. The van der Waals surface area contributed by atoms with Crippen molar-refractivity contribution in [3.63, 3.8) is 0 Å². The molecule has 3 aliphatic rings. The number of aliphatic hydroxyl groups is 1. The summed E-state index contributed by atoms with van der Waals surface area (Å²) in [5.74, 6) is 4.13. The fourth-order valence-electron chi connectivity index (χ4n) is 6.11. The molecule has 4 bridgehead atoms. The van der Waals surface area contributed by atoms with Crippen LogP contribution in [0.15, 0.2) is 23.8 Å². The maximum absolute atomic E-state index is 14.0. The Morgan fingerprint density at radius 1 is 1.27 bits per heavy atom. The number of allylic oxidation sites excluding steroid dienone is 2. The van der Waals surface area contributed by atoms with Gasteiger partial charge in [-0.25, -0.2) is 9.59 Å². The first-order valence-electron chi connectivity index (χ1n) is 15.6. The molecular formula is C34H44ClN3O10. The Balaban J connectivity index is 1.81. The van der Waals surface area contributed by atoms with Crippen LogP contribution < -0.4 is 15.0 Å². The van der Waals surface area contributed by atoms with Crippen molar-refractivity contribution in [1.82, 2.24) is 10.2 Å². The number of esters is 1. The highest BCUT2D eigenvalue weighted by atomic mass is 35.5. The van der Waals surface area contributed by atoms with Crippen molar-refractivity contribution >= 4 is 41.2 Å². The van der Waals surface area contributed by atoms with Gasteiger partial charge in [0.2, 0.25) is 11.8 Å². The van der Waals surface area contributed by atoms with Gasteiger partial charge in [0, 0.05) is 40.5 Å². The molecule has 0 aromatic heterocycles. The molecule has 3 heterocycles. The fraction of sp³-hybridized carbons (Fsp3) is 0.588. The predicted molar refractivity (Wildman–Crippen MR) is 175 cm³/mol. The first-order valence-corrected chi connectivity index (χ1v) is 16.0. The highest BCUT2D eigenvalue weighted by molar-refractivity contribution is 6.35. The predicted octanol–water partition coefficient (Wildman–Crippen LogP) is 2.98. The summed E-state index contributed by atoms with van der Waals surface area (Å²) in [4.78, 5) is 54.6. The number of fused-ring (bicyclic) bond motifs is 5. The average molecular weight is 690 g/mol. The number of nitrogens with one attached hydrogen (secondary N) is 1. The first-order chi connectivity index (χ1) is 22.4. The summed E-state index contributed by atoms with van der Waals surface area (Å²) in [6, 6.07) is 2.58. The topological polar surface area (TPSA) is 156 Å². The van der Waals surface area contributed by atoms with Crippen molar-refractivity contribution in [3.8, 4) is 17.6 Å². The second-order valence-electron chi connectivity index (χ2n) is 12.9. The van der Waals surface area contributed by atoms with Gasteiger partial charge in [-0.15, -0.1) is 0 Å². The number of hydrogen-bond acceptors (Lipinski definition) is 10. The van der Waals surface area contributed by atoms with E-state index >= 15 is 0 Å². The second-order valence-corrected chi connectivity index (χ2v) is 13.2. The number of carbonyl (C=O) groups is 4. The number of amides is 3. The summed E-state index contributed by atoms with van der Waals surface area (Å²) in [6.45, 7) is 8.20. The first kappa shape index (κ1) is 37.0. The highest BCUT2D eigenvalue weighted by Crippen LogP contribution is 2.49. The van der Waals surface area contributed by atoms with Crippen LogP contribution in [0.3, 0.4) is 0 Å². The summed E-state index contributed by atoms with van der Waals surface area (Å²) in [5.41, 5.74) is -1.11. The fourth-order valence-corrected chi connectivity index (χ4v) is 6.43. The molecule has 0 spiro atoms. The SMILES string of the molecule is COc1cc2cc(c1Cl)N(C)C(=O)C[C@H](OC(=O)[C@H](C)N(C)C(C)=O)[C@@]1(C)O[C@H]1[C@H](C)[C@@H]1C[C@@](O)(NC(=O)O1)[C@H](OC)C#C/C=C(\C)C2. The third kappa shape index (κ3) is 7.57. The zero-order valence-corrected chi connectivity index (χ0v) is 29.5. The van der Waals surface area contributed by atoms with Crippen LogP contribution >= 0.6 is 11.6 Å². The summed E-state index contributed by atoms with van der Waals surface area (Å²) in [6.07, 6.45) is -2.94. The normalized spacial score (nSPS) is 32.2. The van der Waals surface area contributed by atoms with Crippen molar-refractivity contribution in [2.75, 3.05) is 33.2 Å². The molecule has 2 fully saturated rings. The number of halogens is 1. The quantitative estimate of drug-likeness (QED) is 0.268. The van der Waals surface area contributed by atoms with Crippen LogP contribution in [0.2, 0.25) is 5.02 Å². The summed E-state index contributed by atoms with van der Waals surface area (Å²) >= 11 is 6.70. The van der Waals surface area contributed by atoms with Gasteiger partial charge in [-0.05, 0) is 51.0 Å². The number of epoxide rings is 1. The molecule has 13 nitrogen and oxygen atoms in total. The zero-order chi connectivity index (χ0) is 35.7. The minimum absolute atomic E-state index is 0.0948. The van der Waals surface area contributed by atoms with E-state index in [0.717, 1.165) is 11.1 Å². The number of nitrogens with zero attached hydrogens (tertiary/aromatic N) is 2. The van der Waals surface area contributed by atoms with Crippen LogP contribution in [-0.2, 0) is 39.8 Å². The number of benzene rings is 1. The molecule has 0 unspecified atom stereocenters. The number of rotatable bonds is 5. The van der Waals surface area contributed by atoms with Crippen LogP contribution in [0.5, 0.6) is 5.75 Å². The standard InChI is InChI=1S/C34H44ClN3O10/c1-18-11-10-12-26(45-9)34(43)17-25(46-32(42)36-34)19(2)30-33(5,48-30)27(47-31(41)20(3)37(6)21(4)39)16-28(40)38(7)23-14-22(13-18)15-24(44-8)29(23)35/h11,14-15,19-20,25-27,30,43H,13,16-17H2,1-9H3,(H,36,42)/b18-11+/t19-,20+,25+,26-,27+,30+,33-,34+/m1/s1. The third-order valence-electron chi connectivity index (χ3n) is 9.44. The molecular weight excluding hydrogens is 646 g/mol. The Morgan fingerprint density at radius 3 is 2.58 bits per heavy atom. The molecule has 2 N–H and O–H groups in total. The van der Waals surface area contributed by atoms with Gasteiger partial charge in [0.05, 0.1) is 25.3 Å². The van der Waals surface area contributed by atoms with Gasteiger partial charge in [0.1, 0.15) is 34.6 Å². The molecule has 3 aliphatic heterocycles. The molecule has 0 radical (unpaired) electrons. The summed E-state index contributed by atoms with van der Waals surface area (Å²) < 4.78 is 28.8. The molecule has 1 aromatic rings. The lowest BCUT2D eigenvalue weighted by Crippen LogP contribution is -2.63. The van der Waals surface area contributed by atoms with E-state index in [1.165, 1.54) is 44.9 Å². The van der Waals surface area contributed by atoms with Crippen molar-refractivity contribution in [2.24, 2.45) is 5.92 Å². The van der Waals surface area contributed by atoms with E-state index < -0.39 is 65.7 Å². The number of carbonyl (C=O) groups excluding carboxylic acids is 4. The summed E-state index contributed by atoms with van der Waals surface area (Å²) in [7, 11) is 5.89. The van der Waals surface area contributed by atoms with Crippen molar-refractivity contribution in [3.05, 3.63) is 34.4 Å². The lowest BCUT2D eigenvalue weighted by atomic mass is 9.83. The molecule has 8 atom stereocenters. The van der Waals surface area contributed by atoms with E-state index in [2.05, 4.69) is 17.2 Å². The van der Waals surface area contributed by atoms with Gasteiger partial charge in [-0.2, -0.15) is 0 Å². The maximum Gasteiger partial charge on any atom is 0.409 e. The second kappa shape index (κ2) is 14.3. The van der Waals surface area contributed by atoms with Crippen molar-refractivity contribution in [2.45, 2.75) is 95.7 Å². The molecule has 3 amide bonds. The number of hydrogen-bond donors (Lipinski definition) is 2. The molecule has 1 aromatic carbocycles. The Hall–Kier alpha value is -3.83. The maximum atomic E-state index is 14.0. The van der Waals surface area contributed by atoms with E-state index in [4.69, 9.17) is 35.3 Å². The van der Waals surface area contributed by atoms with E-state index in [1.54, 1.807) is 39.1 Å². The van der Waals surface area contributed by atoms with Crippen molar-refractivity contribution in [1.29, 1.82) is 0 Å². The van der Waals surface area contributed by atoms with Crippen LogP contribution in [0.25, 0.3) is 0 Å². The van der Waals surface area contributed by atoms with Crippen LogP contribution in [0.4, 0.5) is 10.5 Å². The minimum atomic E-state index is -1.90. The number of alkyl carbamates (subject to hydrolysis) is 1. The molecule has 4 rings (SSSR count). The molecule has 48 heavy (non-hydrogen) atoms. The number of likely N-dealkylation sites (N-methyl/N-ethyl adjacent to an activating group) is 1. The zero-order valence-electron chi connectivity index (χ0n) is 28.7. The van der Waals surface area contributed by atoms with Crippen LogP contribution in [-0.4, -0.2) is 104 Å². The smallest absolute Gasteiger partial charge is 0.409 e. The Labute approximate surface area is 285 Å².